The summed E-state index contributed by atoms with van der Waals surface area (Å²) in [6.07, 6.45) is 2.43. The van der Waals surface area contributed by atoms with Gasteiger partial charge in [0.1, 0.15) is 6.54 Å². The zero-order chi connectivity index (χ0) is 17.5. The molecule has 6 heteroatoms. The smallest absolute Gasteiger partial charge is 0.242 e. The van der Waals surface area contributed by atoms with Crippen LogP contribution in [-0.2, 0) is 21.2 Å². The summed E-state index contributed by atoms with van der Waals surface area (Å²) in [4.78, 5) is 14.3. The van der Waals surface area contributed by atoms with Crippen LogP contribution in [0.25, 0.3) is 10.9 Å². The molecular formula is C18H24N2O3S. The molecule has 2 heterocycles. The van der Waals surface area contributed by atoms with Crippen LogP contribution < -0.4 is 0 Å². The second kappa shape index (κ2) is 5.92. The van der Waals surface area contributed by atoms with Gasteiger partial charge in [-0.2, -0.15) is 0 Å². The highest BCUT2D eigenvalue weighted by molar-refractivity contribution is 7.93. The van der Waals surface area contributed by atoms with Crippen molar-refractivity contribution >= 4 is 26.6 Å². The van der Waals surface area contributed by atoms with Gasteiger partial charge in [-0.05, 0) is 44.7 Å². The van der Waals surface area contributed by atoms with E-state index in [2.05, 4.69) is 0 Å². The zero-order valence-electron chi connectivity index (χ0n) is 14.4. The molecule has 3 rings (SSSR count). The van der Waals surface area contributed by atoms with Gasteiger partial charge in [0.15, 0.2) is 9.84 Å². The molecule has 0 radical (unpaired) electrons. The Labute approximate surface area is 143 Å². The summed E-state index contributed by atoms with van der Waals surface area (Å²) in [5, 5.41) is 0.641. The lowest BCUT2D eigenvalue weighted by atomic mass is 10.2. The highest BCUT2D eigenvalue weighted by Gasteiger charge is 2.41. The quantitative estimate of drug-likeness (QED) is 0.856. The van der Waals surface area contributed by atoms with E-state index in [1.165, 1.54) is 0 Å². The number of likely N-dealkylation sites (tertiary alicyclic amines) is 1. The average molecular weight is 348 g/mol. The van der Waals surface area contributed by atoms with E-state index in [9.17, 15) is 13.2 Å². The Hall–Kier alpha value is -1.82. The summed E-state index contributed by atoms with van der Waals surface area (Å²) in [5.41, 5.74) is 1.02. The van der Waals surface area contributed by atoms with E-state index in [0.29, 0.717) is 19.5 Å². The van der Waals surface area contributed by atoms with E-state index < -0.39 is 19.8 Å². The highest BCUT2D eigenvalue weighted by atomic mass is 32.2. The summed E-state index contributed by atoms with van der Waals surface area (Å²) in [7, 11) is -3.24. The number of hydrogen-bond donors (Lipinski definition) is 0. The van der Waals surface area contributed by atoms with Crippen LogP contribution >= 0.6 is 0 Å². The van der Waals surface area contributed by atoms with Gasteiger partial charge < -0.3 is 9.47 Å². The second-order valence-electron chi connectivity index (χ2n) is 7.41. The van der Waals surface area contributed by atoms with Crippen molar-refractivity contribution in [2.45, 2.75) is 43.7 Å². The Morgan fingerprint density at radius 2 is 1.92 bits per heavy atom. The number of rotatable bonds is 3. The van der Waals surface area contributed by atoms with Crippen LogP contribution in [0.5, 0.6) is 0 Å². The monoisotopic (exact) mass is 348 g/mol. The predicted octanol–water partition coefficient (Wildman–Crippen LogP) is 2.46. The fraction of sp³-hybridized carbons (Fsp3) is 0.500. The number of benzene rings is 1. The molecule has 1 amide bonds. The molecule has 1 atom stereocenters. The third-order valence-electron chi connectivity index (χ3n) is 4.78. The summed E-state index contributed by atoms with van der Waals surface area (Å²) < 4.78 is 26.3. The van der Waals surface area contributed by atoms with Crippen molar-refractivity contribution in [2.75, 3.05) is 13.1 Å². The molecular weight excluding hydrogens is 324 g/mol. The first-order valence-corrected chi connectivity index (χ1v) is 9.80. The maximum atomic E-state index is 12.6. The molecule has 1 saturated heterocycles. The van der Waals surface area contributed by atoms with E-state index in [0.717, 1.165) is 10.9 Å². The number of amides is 1. The Morgan fingerprint density at radius 3 is 2.62 bits per heavy atom. The molecule has 0 aliphatic carbocycles. The van der Waals surface area contributed by atoms with E-state index in [1.807, 2.05) is 41.1 Å². The van der Waals surface area contributed by atoms with E-state index in [-0.39, 0.29) is 12.5 Å². The minimum absolute atomic E-state index is 0.0250. The van der Waals surface area contributed by atoms with Crippen LogP contribution in [0, 0.1) is 0 Å². The van der Waals surface area contributed by atoms with E-state index >= 15 is 0 Å². The van der Waals surface area contributed by atoms with Crippen molar-refractivity contribution in [1.82, 2.24) is 9.47 Å². The van der Waals surface area contributed by atoms with Gasteiger partial charge in [0, 0.05) is 24.8 Å². The van der Waals surface area contributed by atoms with Crippen LogP contribution in [0.3, 0.4) is 0 Å². The molecule has 1 aliphatic rings. The molecule has 5 nitrogen and oxygen atoms in total. The van der Waals surface area contributed by atoms with Crippen LogP contribution in [-0.4, -0.2) is 46.9 Å². The summed E-state index contributed by atoms with van der Waals surface area (Å²) in [6, 6.07) is 9.90. The van der Waals surface area contributed by atoms with Gasteiger partial charge in [-0.15, -0.1) is 0 Å². The molecule has 0 bridgehead atoms. The second-order valence-corrected chi connectivity index (χ2v) is 10.4. The number of carbonyl (C=O) groups is 1. The van der Waals surface area contributed by atoms with Crippen LogP contribution in [0.15, 0.2) is 36.5 Å². The molecule has 1 aliphatic heterocycles. The summed E-state index contributed by atoms with van der Waals surface area (Å²) in [5.74, 6) is -0.0250. The number of hydrogen-bond acceptors (Lipinski definition) is 3. The Morgan fingerprint density at radius 1 is 1.21 bits per heavy atom. The Balaban J connectivity index is 1.71. The first-order valence-electron chi connectivity index (χ1n) is 8.25. The van der Waals surface area contributed by atoms with Gasteiger partial charge in [0.2, 0.25) is 5.91 Å². The minimum Gasteiger partial charge on any atom is -0.340 e. The maximum absolute atomic E-state index is 12.6. The number of nitrogens with zero attached hydrogens (tertiary/aromatic N) is 2. The normalized spacial score (nSPS) is 19.1. The summed E-state index contributed by atoms with van der Waals surface area (Å²) in [6.45, 7) is 6.22. The number of sulfone groups is 1. The topological polar surface area (TPSA) is 59.4 Å². The Bertz CT molecular complexity index is 862. The number of aromatic nitrogens is 1. The van der Waals surface area contributed by atoms with Crippen molar-refractivity contribution in [3.63, 3.8) is 0 Å². The third-order valence-corrected chi connectivity index (χ3v) is 7.75. The van der Waals surface area contributed by atoms with Gasteiger partial charge >= 0.3 is 0 Å². The summed E-state index contributed by atoms with van der Waals surface area (Å²) >= 11 is 0. The molecule has 0 unspecified atom stereocenters. The lowest BCUT2D eigenvalue weighted by molar-refractivity contribution is -0.130. The molecule has 1 aromatic heterocycles. The number of fused-ring (bicyclic) bond motifs is 1. The molecule has 0 N–H and O–H groups in total. The number of carbonyl (C=O) groups excluding carboxylic acids is 1. The molecule has 1 fully saturated rings. The predicted molar refractivity (Wildman–Crippen MR) is 95.6 cm³/mol. The van der Waals surface area contributed by atoms with Crippen molar-refractivity contribution in [3.8, 4) is 0 Å². The van der Waals surface area contributed by atoms with E-state index in [1.54, 1.807) is 25.7 Å². The van der Waals surface area contributed by atoms with Crippen LogP contribution in [0.2, 0.25) is 0 Å². The van der Waals surface area contributed by atoms with Crippen molar-refractivity contribution in [2.24, 2.45) is 0 Å². The van der Waals surface area contributed by atoms with Gasteiger partial charge in [0.05, 0.1) is 10.00 Å². The standard InChI is InChI=1S/C18H24N2O3S/c1-18(2,3)24(22,23)15-9-11-20(12-15)17(21)13-19-10-8-14-6-4-5-7-16(14)19/h4-8,10,15H,9,11-13H2,1-3H3/t15-/m1/s1. The van der Waals surface area contributed by atoms with Crippen LogP contribution in [0.1, 0.15) is 27.2 Å². The van der Waals surface area contributed by atoms with Gasteiger partial charge in [-0.25, -0.2) is 8.42 Å². The fourth-order valence-corrected chi connectivity index (χ4v) is 5.02. The van der Waals surface area contributed by atoms with Gasteiger partial charge in [-0.1, -0.05) is 18.2 Å². The first kappa shape index (κ1) is 17.0. The SMILES string of the molecule is CC(C)(C)S(=O)(=O)[C@@H]1CCN(C(=O)Cn2ccc3ccccc32)C1. The van der Waals surface area contributed by atoms with Crippen molar-refractivity contribution in [1.29, 1.82) is 0 Å². The fourth-order valence-electron chi connectivity index (χ4n) is 3.23. The molecule has 24 heavy (non-hydrogen) atoms. The average Bonchev–Trinajstić information content (AvgIpc) is 3.14. The highest BCUT2D eigenvalue weighted by Crippen LogP contribution is 2.27. The lowest BCUT2D eigenvalue weighted by Gasteiger charge is -2.24. The third kappa shape index (κ3) is 2.95. The lowest BCUT2D eigenvalue weighted by Crippen LogP contribution is -2.40. The van der Waals surface area contributed by atoms with Crippen molar-refractivity contribution < 1.29 is 13.2 Å². The maximum Gasteiger partial charge on any atom is 0.242 e. The largest absolute Gasteiger partial charge is 0.340 e. The van der Waals surface area contributed by atoms with Crippen LogP contribution in [0.4, 0.5) is 0 Å². The van der Waals surface area contributed by atoms with Crippen molar-refractivity contribution in [3.05, 3.63) is 36.5 Å². The first-order chi connectivity index (χ1) is 11.2. The van der Waals surface area contributed by atoms with Gasteiger partial charge in [0.25, 0.3) is 0 Å². The van der Waals surface area contributed by atoms with E-state index in [4.69, 9.17) is 0 Å². The molecule has 2 aromatic rings. The Kier molecular flexibility index (Phi) is 4.20. The zero-order valence-corrected chi connectivity index (χ0v) is 15.2. The molecule has 0 spiro atoms. The minimum atomic E-state index is -3.24. The molecule has 0 saturated carbocycles. The molecule has 130 valence electrons. The number of para-hydroxylation sites is 1. The molecule has 1 aromatic carbocycles. The van der Waals surface area contributed by atoms with Gasteiger partial charge in [-0.3, -0.25) is 4.79 Å².